The molecule has 2 aliphatic rings. The summed E-state index contributed by atoms with van der Waals surface area (Å²) < 4.78 is 0. The normalized spacial score (nSPS) is 13.7. The van der Waals surface area contributed by atoms with Crippen molar-refractivity contribution in [3.8, 4) is 0 Å². The standard InChI is InChI=1S/2C10H11NO.C6H6/c2*1-2-11-7-8-5-3-4-6-9(8)10(11)12;1-2-4-6-5-3-1/h2*3-6H,2,7H2,1H3;1-6H. The van der Waals surface area contributed by atoms with Gasteiger partial charge in [-0.3, -0.25) is 9.59 Å². The molecule has 5 rings (SSSR count). The Labute approximate surface area is 178 Å². The first-order valence-corrected chi connectivity index (χ1v) is 10.4. The number of rotatable bonds is 2. The Morgan fingerprint density at radius 2 is 0.900 bits per heavy atom. The highest BCUT2D eigenvalue weighted by Gasteiger charge is 2.25. The monoisotopic (exact) mass is 400 g/mol. The zero-order valence-corrected chi connectivity index (χ0v) is 17.6. The molecule has 0 saturated carbocycles. The molecule has 0 aromatic heterocycles. The number of carbonyl (C=O) groups excluding carboxylic acids is 2. The highest BCUT2D eigenvalue weighted by molar-refractivity contribution is 5.98. The zero-order valence-electron chi connectivity index (χ0n) is 17.6. The van der Waals surface area contributed by atoms with Gasteiger partial charge in [-0.1, -0.05) is 72.8 Å². The average molecular weight is 401 g/mol. The Kier molecular flexibility index (Phi) is 7.39. The van der Waals surface area contributed by atoms with Crippen molar-refractivity contribution in [2.45, 2.75) is 26.9 Å². The third kappa shape index (κ3) is 4.95. The maximum atomic E-state index is 11.6. The predicted molar refractivity (Wildman–Crippen MR) is 120 cm³/mol. The highest BCUT2D eigenvalue weighted by atomic mass is 16.2. The van der Waals surface area contributed by atoms with Crippen molar-refractivity contribution in [1.29, 1.82) is 0 Å². The summed E-state index contributed by atoms with van der Waals surface area (Å²) in [5.41, 5.74) is 4.06. The summed E-state index contributed by atoms with van der Waals surface area (Å²) in [6.45, 7) is 7.17. The van der Waals surface area contributed by atoms with Gasteiger partial charge in [0.2, 0.25) is 0 Å². The van der Waals surface area contributed by atoms with Crippen LogP contribution < -0.4 is 0 Å². The first kappa shape index (κ1) is 21.3. The second kappa shape index (κ2) is 10.4. The highest BCUT2D eigenvalue weighted by Crippen LogP contribution is 2.22. The Balaban J connectivity index is 0.000000136. The first-order valence-electron chi connectivity index (χ1n) is 10.4. The smallest absolute Gasteiger partial charge is 0.254 e. The lowest BCUT2D eigenvalue weighted by Gasteiger charge is -2.10. The van der Waals surface area contributed by atoms with Gasteiger partial charge in [-0.15, -0.1) is 0 Å². The number of amides is 2. The van der Waals surface area contributed by atoms with E-state index in [4.69, 9.17) is 0 Å². The zero-order chi connectivity index (χ0) is 21.3. The third-order valence-corrected chi connectivity index (χ3v) is 5.22. The van der Waals surface area contributed by atoms with Crippen LogP contribution in [0, 0.1) is 0 Å². The van der Waals surface area contributed by atoms with Crippen molar-refractivity contribution in [2.24, 2.45) is 0 Å². The van der Waals surface area contributed by atoms with Crippen LogP contribution in [0.4, 0.5) is 0 Å². The first-order chi connectivity index (χ1) is 14.7. The third-order valence-electron chi connectivity index (χ3n) is 5.22. The minimum absolute atomic E-state index is 0.174. The minimum Gasteiger partial charge on any atom is -0.335 e. The molecule has 4 nitrogen and oxygen atoms in total. The van der Waals surface area contributed by atoms with Crippen LogP contribution in [0.2, 0.25) is 0 Å². The molecule has 0 aliphatic carbocycles. The number of fused-ring (bicyclic) bond motifs is 2. The topological polar surface area (TPSA) is 40.6 Å². The van der Waals surface area contributed by atoms with Crippen molar-refractivity contribution in [1.82, 2.24) is 9.80 Å². The molecule has 0 spiro atoms. The van der Waals surface area contributed by atoms with Gasteiger partial charge in [0, 0.05) is 37.3 Å². The van der Waals surface area contributed by atoms with Gasteiger partial charge in [-0.05, 0) is 37.1 Å². The number of hydrogen-bond donors (Lipinski definition) is 0. The number of carbonyl (C=O) groups is 2. The van der Waals surface area contributed by atoms with Gasteiger partial charge in [0.25, 0.3) is 11.8 Å². The summed E-state index contributed by atoms with van der Waals surface area (Å²) in [4.78, 5) is 26.8. The van der Waals surface area contributed by atoms with Crippen molar-refractivity contribution in [3.05, 3.63) is 107 Å². The van der Waals surface area contributed by atoms with Gasteiger partial charge in [0.1, 0.15) is 0 Å². The van der Waals surface area contributed by atoms with E-state index >= 15 is 0 Å². The molecule has 4 heteroatoms. The van der Waals surface area contributed by atoms with Crippen molar-refractivity contribution >= 4 is 11.8 Å². The van der Waals surface area contributed by atoms with E-state index in [9.17, 15) is 9.59 Å². The van der Waals surface area contributed by atoms with Crippen LogP contribution >= 0.6 is 0 Å². The number of nitrogens with zero attached hydrogens (tertiary/aromatic N) is 2. The van der Waals surface area contributed by atoms with Crippen LogP contribution in [0.1, 0.15) is 45.7 Å². The fraction of sp³-hybridized carbons (Fsp3) is 0.231. The maximum Gasteiger partial charge on any atom is 0.254 e. The molecule has 2 aliphatic heterocycles. The van der Waals surface area contributed by atoms with Gasteiger partial charge in [0.05, 0.1) is 0 Å². The van der Waals surface area contributed by atoms with Gasteiger partial charge in [-0.2, -0.15) is 0 Å². The molecule has 2 heterocycles. The van der Waals surface area contributed by atoms with Gasteiger partial charge >= 0.3 is 0 Å². The molecule has 3 aromatic rings. The summed E-state index contributed by atoms with van der Waals surface area (Å²) in [6, 6.07) is 27.6. The maximum absolute atomic E-state index is 11.6. The van der Waals surface area contributed by atoms with E-state index in [1.54, 1.807) is 0 Å². The van der Waals surface area contributed by atoms with Crippen LogP contribution in [0.5, 0.6) is 0 Å². The van der Waals surface area contributed by atoms with Crippen LogP contribution in [-0.2, 0) is 13.1 Å². The molecule has 0 radical (unpaired) electrons. The van der Waals surface area contributed by atoms with Crippen molar-refractivity contribution in [2.75, 3.05) is 13.1 Å². The van der Waals surface area contributed by atoms with Crippen molar-refractivity contribution < 1.29 is 9.59 Å². The fourth-order valence-electron chi connectivity index (χ4n) is 3.52. The van der Waals surface area contributed by atoms with Crippen LogP contribution in [0.25, 0.3) is 0 Å². The SMILES string of the molecule is CCN1Cc2ccccc2C1=O.CCN1Cc2ccccc2C1=O.c1ccccc1. The van der Waals surface area contributed by atoms with E-state index in [-0.39, 0.29) is 11.8 Å². The largest absolute Gasteiger partial charge is 0.335 e. The van der Waals surface area contributed by atoms with Crippen LogP contribution in [0.15, 0.2) is 84.9 Å². The number of hydrogen-bond acceptors (Lipinski definition) is 2. The average Bonchev–Trinajstić information content (AvgIpc) is 3.32. The molecule has 30 heavy (non-hydrogen) atoms. The van der Waals surface area contributed by atoms with E-state index in [2.05, 4.69) is 0 Å². The lowest BCUT2D eigenvalue weighted by molar-refractivity contribution is 0.0779. The van der Waals surface area contributed by atoms with Crippen LogP contribution in [0.3, 0.4) is 0 Å². The summed E-state index contributed by atoms with van der Waals surface area (Å²) >= 11 is 0. The van der Waals surface area contributed by atoms with E-state index in [0.29, 0.717) is 0 Å². The summed E-state index contributed by atoms with van der Waals surface area (Å²) in [5, 5.41) is 0. The molecule has 0 unspecified atom stereocenters. The summed E-state index contributed by atoms with van der Waals surface area (Å²) in [5.74, 6) is 0.348. The molecule has 3 aromatic carbocycles. The molecule has 0 bridgehead atoms. The Hall–Kier alpha value is -3.40. The van der Waals surface area contributed by atoms with Crippen molar-refractivity contribution in [3.63, 3.8) is 0 Å². The van der Waals surface area contributed by atoms with Crippen LogP contribution in [-0.4, -0.2) is 34.7 Å². The molecule has 154 valence electrons. The number of benzene rings is 3. The van der Waals surface area contributed by atoms with E-state index in [1.165, 1.54) is 0 Å². The van der Waals surface area contributed by atoms with Gasteiger partial charge in [-0.25, -0.2) is 0 Å². The summed E-state index contributed by atoms with van der Waals surface area (Å²) in [7, 11) is 0. The summed E-state index contributed by atoms with van der Waals surface area (Å²) in [6.07, 6.45) is 0. The van der Waals surface area contributed by atoms with E-state index in [0.717, 1.165) is 48.4 Å². The molecule has 0 N–H and O–H groups in total. The molecule has 0 atom stereocenters. The molecule has 0 fully saturated rings. The van der Waals surface area contributed by atoms with Gasteiger partial charge in [0.15, 0.2) is 0 Å². The quantitative estimate of drug-likeness (QED) is 0.607. The molecule has 0 saturated heterocycles. The van der Waals surface area contributed by atoms with E-state index in [1.807, 2.05) is 109 Å². The minimum atomic E-state index is 0.174. The second-order valence-corrected chi connectivity index (χ2v) is 7.11. The molecular weight excluding hydrogens is 372 g/mol. The second-order valence-electron chi connectivity index (χ2n) is 7.11. The van der Waals surface area contributed by atoms with Gasteiger partial charge < -0.3 is 9.80 Å². The predicted octanol–water partition coefficient (Wildman–Crippen LogP) is 5.01. The molecule has 2 amide bonds. The lowest BCUT2D eigenvalue weighted by Crippen LogP contribution is -2.22. The Bertz CT molecular complexity index is 893. The molecular formula is C26H28N2O2. The van der Waals surface area contributed by atoms with E-state index < -0.39 is 0 Å². The Morgan fingerprint density at radius 3 is 1.20 bits per heavy atom. The Morgan fingerprint density at radius 1 is 0.567 bits per heavy atom. The lowest BCUT2D eigenvalue weighted by atomic mass is 10.1. The fourth-order valence-corrected chi connectivity index (χ4v) is 3.52.